The topological polar surface area (TPSA) is 204 Å². The summed E-state index contributed by atoms with van der Waals surface area (Å²) in [5.74, 6) is -2.71. The molecule has 1 aromatic carbocycles. The molecule has 3 rings (SSSR count). The van der Waals surface area contributed by atoms with E-state index in [1.807, 2.05) is 39.6 Å². The second-order valence-electron chi connectivity index (χ2n) is 17.3. The lowest BCUT2D eigenvalue weighted by atomic mass is 9.84. The van der Waals surface area contributed by atoms with Crippen LogP contribution in [0.1, 0.15) is 147 Å². The number of phenolic OH excluding ortho intramolecular Hbond substituents is 1. The molecule has 330 valence electrons. The SMILES string of the molecule is CCCCCCN(C(=O)[C@@H](NC(=O)C1CCCCN1C)[C@@H](C)CC)[C@H](C[C@@H](OC(C)=O)c1nc(C(=O)NC(Cc2ccc(N)c(O)c2)CC(C)(C)C(=O)O)cs1)C(C)C. The highest BCUT2D eigenvalue weighted by molar-refractivity contribution is 7.09. The van der Waals surface area contributed by atoms with Crippen molar-refractivity contribution in [3.05, 3.63) is 39.8 Å². The maximum atomic E-state index is 14.9. The number of anilines is 1. The Hall–Kier alpha value is -4.24. The van der Waals surface area contributed by atoms with Crippen LogP contribution in [0.3, 0.4) is 0 Å². The number of thiazole rings is 1. The summed E-state index contributed by atoms with van der Waals surface area (Å²) < 4.78 is 5.91. The van der Waals surface area contributed by atoms with Crippen molar-refractivity contribution in [3.8, 4) is 5.75 Å². The lowest BCUT2D eigenvalue weighted by Crippen LogP contribution is -2.59. The molecule has 14 nitrogen and oxygen atoms in total. The number of likely N-dealkylation sites (tertiary alicyclic amines) is 1. The maximum Gasteiger partial charge on any atom is 0.309 e. The van der Waals surface area contributed by atoms with Crippen molar-refractivity contribution < 1.29 is 38.9 Å². The van der Waals surface area contributed by atoms with Gasteiger partial charge in [-0.15, -0.1) is 11.3 Å². The number of carboxylic acid groups (broad SMARTS) is 1. The number of amides is 3. The first-order chi connectivity index (χ1) is 27.8. The first-order valence-electron chi connectivity index (χ1n) is 21.3. The predicted octanol–water partition coefficient (Wildman–Crippen LogP) is 6.72. The van der Waals surface area contributed by atoms with Crippen LogP contribution in [0.5, 0.6) is 5.75 Å². The Labute approximate surface area is 355 Å². The third-order valence-electron chi connectivity index (χ3n) is 11.6. The zero-order chi connectivity index (χ0) is 44.0. The van der Waals surface area contributed by atoms with Gasteiger partial charge in [-0.2, -0.15) is 0 Å². The molecule has 1 fully saturated rings. The average molecular weight is 843 g/mol. The van der Waals surface area contributed by atoms with Gasteiger partial charge in [-0.05, 0) is 89.1 Å². The van der Waals surface area contributed by atoms with Crippen molar-refractivity contribution in [3.63, 3.8) is 0 Å². The molecule has 0 bridgehead atoms. The number of ether oxygens (including phenoxy) is 1. The molecule has 1 aliphatic rings. The number of likely N-dealkylation sites (N-methyl/N-ethyl adjacent to an activating group) is 1. The van der Waals surface area contributed by atoms with Crippen LogP contribution in [0.25, 0.3) is 0 Å². The molecule has 1 aliphatic heterocycles. The Balaban J connectivity index is 1.95. The molecule has 15 heteroatoms. The Bertz CT molecular complexity index is 1720. The quantitative estimate of drug-likeness (QED) is 0.0344. The number of aliphatic carboxylic acids is 1. The van der Waals surface area contributed by atoms with Crippen molar-refractivity contribution in [2.75, 3.05) is 25.9 Å². The number of nitrogens with zero attached hydrogens (tertiary/aromatic N) is 3. The van der Waals surface area contributed by atoms with Gasteiger partial charge in [-0.3, -0.25) is 28.9 Å². The Morgan fingerprint density at radius 1 is 1.08 bits per heavy atom. The molecule has 2 aromatic rings. The van der Waals surface area contributed by atoms with Crippen molar-refractivity contribution in [1.82, 2.24) is 25.4 Å². The van der Waals surface area contributed by atoms with E-state index in [0.29, 0.717) is 23.5 Å². The molecule has 3 amide bonds. The van der Waals surface area contributed by atoms with Crippen LogP contribution < -0.4 is 16.4 Å². The molecule has 1 aromatic heterocycles. The summed E-state index contributed by atoms with van der Waals surface area (Å²) in [6, 6.07) is 2.66. The molecule has 59 heavy (non-hydrogen) atoms. The first kappa shape index (κ1) is 49.1. The van der Waals surface area contributed by atoms with Crippen molar-refractivity contribution in [2.24, 2.45) is 17.3 Å². The molecular formula is C44H70N6O8S. The number of rotatable bonds is 23. The Kier molecular flexibility index (Phi) is 19.1. The maximum absolute atomic E-state index is 14.9. The number of benzene rings is 1. The monoisotopic (exact) mass is 842 g/mol. The summed E-state index contributed by atoms with van der Waals surface area (Å²) in [6.07, 6.45) is 6.80. The van der Waals surface area contributed by atoms with E-state index in [1.54, 1.807) is 31.4 Å². The van der Waals surface area contributed by atoms with E-state index < -0.39 is 47.5 Å². The number of nitrogens with one attached hydrogen (secondary N) is 2. The summed E-state index contributed by atoms with van der Waals surface area (Å²) in [6.45, 7) is 15.9. The molecule has 0 spiro atoms. The Morgan fingerprint density at radius 3 is 2.39 bits per heavy atom. The number of unbranched alkanes of at least 4 members (excludes halogenated alkanes) is 3. The second kappa shape index (κ2) is 22.9. The minimum Gasteiger partial charge on any atom is -0.506 e. The van der Waals surface area contributed by atoms with E-state index in [-0.39, 0.29) is 66.1 Å². The highest BCUT2D eigenvalue weighted by atomic mass is 32.1. The van der Waals surface area contributed by atoms with Gasteiger partial charge < -0.3 is 36.2 Å². The number of nitrogen functional groups attached to an aromatic ring is 1. The fourth-order valence-corrected chi connectivity index (χ4v) is 8.56. The van der Waals surface area contributed by atoms with Crippen LogP contribution in [0.15, 0.2) is 23.6 Å². The minimum atomic E-state index is -1.18. The van der Waals surface area contributed by atoms with Crippen molar-refractivity contribution in [1.29, 1.82) is 0 Å². The van der Waals surface area contributed by atoms with Crippen LogP contribution in [0.4, 0.5) is 5.69 Å². The van der Waals surface area contributed by atoms with E-state index in [1.165, 1.54) is 13.0 Å². The van der Waals surface area contributed by atoms with Gasteiger partial charge >= 0.3 is 11.9 Å². The largest absolute Gasteiger partial charge is 0.506 e. The molecule has 0 saturated carbocycles. The van der Waals surface area contributed by atoms with Gasteiger partial charge in [0.15, 0.2) is 6.10 Å². The second-order valence-corrected chi connectivity index (χ2v) is 18.2. The third-order valence-corrected chi connectivity index (χ3v) is 12.5. The number of hydrogen-bond acceptors (Lipinski definition) is 11. The van der Waals surface area contributed by atoms with E-state index in [9.17, 15) is 34.2 Å². The zero-order valence-corrected chi connectivity index (χ0v) is 37.5. The summed E-state index contributed by atoms with van der Waals surface area (Å²) in [4.78, 5) is 75.7. The number of nitrogens with two attached hydrogens (primary N) is 1. The molecule has 0 radical (unpaired) electrons. The number of esters is 1. The normalized spacial score (nSPS) is 17.4. The fourth-order valence-electron chi connectivity index (χ4n) is 7.72. The van der Waals surface area contributed by atoms with Gasteiger partial charge in [0.2, 0.25) is 11.8 Å². The summed E-state index contributed by atoms with van der Waals surface area (Å²) in [5.41, 5.74) is 5.53. The lowest BCUT2D eigenvalue weighted by molar-refractivity contribution is -0.150. The molecule has 6 N–H and O–H groups in total. The summed E-state index contributed by atoms with van der Waals surface area (Å²) >= 11 is 1.16. The third kappa shape index (κ3) is 14.5. The molecule has 0 aliphatic carbocycles. The molecule has 2 unspecified atom stereocenters. The molecule has 1 saturated heterocycles. The molecular weight excluding hydrogens is 773 g/mol. The standard InChI is InChI=1S/C44H70N6O8S/c1-10-12-13-15-21-50(42(55)38(28(5)11-2)48-40(54)34-17-14-16-20-49(34)9)35(27(3)4)24-37(58-29(6)51)41-47-33(26-59-41)39(53)46-31(25-44(7,8)43(56)57)22-30-18-19-32(45)36(52)23-30/h18-19,23,26-28,31,34-35,37-38,52H,10-17,20-22,24-25,45H2,1-9H3,(H,46,53)(H,48,54)(H,56,57)/t28-,31?,34?,35+,37+,38-/m0/s1. The highest BCUT2D eigenvalue weighted by Crippen LogP contribution is 2.33. The number of carbonyl (C=O) groups excluding carboxylic acids is 4. The summed E-state index contributed by atoms with van der Waals surface area (Å²) in [7, 11) is 1.95. The van der Waals surface area contributed by atoms with Crippen LogP contribution in [0.2, 0.25) is 0 Å². The predicted molar refractivity (Wildman–Crippen MR) is 231 cm³/mol. The highest BCUT2D eigenvalue weighted by Gasteiger charge is 2.39. The number of aromatic nitrogens is 1. The van der Waals surface area contributed by atoms with Crippen LogP contribution in [-0.4, -0.2) is 99.0 Å². The summed E-state index contributed by atoms with van der Waals surface area (Å²) in [5, 5.41) is 28.2. The van der Waals surface area contributed by atoms with Gasteiger partial charge in [0.05, 0.1) is 17.1 Å². The Morgan fingerprint density at radius 2 is 1.80 bits per heavy atom. The van der Waals surface area contributed by atoms with Crippen LogP contribution >= 0.6 is 11.3 Å². The van der Waals surface area contributed by atoms with Crippen molar-refractivity contribution in [2.45, 2.75) is 156 Å². The zero-order valence-electron chi connectivity index (χ0n) is 36.7. The van der Waals surface area contributed by atoms with Gasteiger partial charge in [0.1, 0.15) is 22.5 Å². The fraction of sp³-hybridized carbons (Fsp3) is 0.682. The number of hydrogen-bond donors (Lipinski definition) is 5. The molecule has 2 heterocycles. The number of aromatic hydroxyl groups is 1. The number of piperidine rings is 1. The van der Waals surface area contributed by atoms with E-state index >= 15 is 0 Å². The van der Waals surface area contributed by atoms with Gasteiger partial charge in [-0.25, -0.2) is 4.98 Å². The van der Waals surface area contributed by atoms with Crippen LogP contribution in [0, 0.1) is 17.3 Å². The smallest absolute Gasteiger partial charge is 0.309 e. The number of carboxylic acids is 1. The number of carbonyl (C=O) groups is 5. The van der Waals surface area contributed by atoms with E-state index in [2.05, 4.69) is 27.4 Å². The van der Waals surface area contributed by atoms with E-state index in [0.717, 1.165) is 62.8 Å². The van der Waals surface area contributed by atoms with Gasteiger partial charge in [-0.1, -0.05) is 72.8 Å². The lowest BCUT2D eigenvalue weighted by Gasteiger charge is -2.40. The van der Waals surface area contributed by atoms with Gasteiger partial charge in [0, 0.05) is 37.4 Å². The van der Waals surface area contributed by atoms with E-state index in [4.69, 9.17) is 10.5 Å². The van der Waals surface area contributed by atoms with Gasteiger partial charge in [0.25, 0.3) is 5.91 Å². The van der Waals surface area contributed by atoms with Crippen molar-refractivity contribution >= 4 is 46.7 Å². The average Bonchev–Trinajstić information content (AvgIpc) is 3.67. The first-order valence-corrected chi connectivity index (χ1v) is 22.2. The molecule has 6 atom stereocenters. The van der Waals surface area contributed by atoms with Crippen LogP contribution in [-0.2, 0) is 30.3 Å². The number of phenols is 1. The minimum absolute atomic E-state index is 0.0706.